The Hall–Kier alpha value is -1.29. The van der Waals surface area contributed by atoms with Crippen LogP contribution in [-0.4, -0.2) is 45.1 Å². The zero-order chi connectivity index (χ0) is 15.8. The smallest absolute Gasteiger partial charge is 0.258 e. The first-order valence-corrected chi connectivity index (χ1v) is 9.48. The van der Waals surface area contributed by atoms with Crippen LogP contribution in [0.15, 0.2) is 20.2 Å². The minimum atomic E-state index is -3.23. The van der Waals surface area contributed by atoms with Crippen LogP contribution in [0.1, 0.15) is 18.7 Å². The van der Waals surface area contributed by atoms with Crippen molar-refractivity contribution < 1.29 is 22.4 Å². The maximum atomic E-state index is 11.5. The average molecular weight is 344 g/mol. The fourth-order valence-electron chi connectivity index (χ4n) is 2.37. The molecule has 1 aliphatic heterocycles. The number of aromatic nitrogens is 2. The minimum Gasteiger partial charge on any atom is -0.381 e. The molecule has 0 saturated carbocycles. The van der Waals surface area contributed by atoms with Gasteiger partial charge in [0.05, 0.1) is 5.56 Å². The Morgan fingerprint density at radius 1 is 1.36 bits per heavy atom. The van der Waals surface area contributed by atoms with Crippen LogP contribution >= 0.6 is 11.3 Å². The molecule has 0 N–H and O–H groups in total. The number of nitrogens with zero attached hydrogens (tertiary/aromatic N) is 2. The molecule has 0 aromatic carbocycles. The molecule has 9 heteroatoms. The highest BCUT2D eigenvalue weighted by Gasteiger charge is 2.39. The fraction of sp³-hybridized carbons (Fsp3) is 0.538. The summed E-state index contributed by atoms with van der Waals surface area (Å²) < 4.78 is 39.6. The third kappa shape index (κ3) is 2.81. The Bertz CT molecular complexity index is 759. The maximum Gasteiger partial charge on any atom is 0.258 e. The zero-order valence-electron chi connectivity index (χ0n) is 12.2. The molecular formula is C13H16N2O5S2. The second-order valence-corrected chi connectivity index (χ2v) is 8.31. The van der Waals surface area contributed by atoms with Crippen molar-refractivity contribution in [2.45, 2.75) is 22.7 Å². The summed E-state index contributed by atoms with van der Waals surface area (Å²) >= 11 is 1.13. The van der Waals surface area contributed by atoms with Crippen molar-refractivity contribution >= 4 is 21.2 Å². The normalized spacial score (nSPS) is 18.5. The Kier molecular flexibility index (Phi) is 4.06. The predicted octanol–water partition coefficient (Wildman–Crippen LogP) is 1.85. The Morgan fingerprint density at radius 3 is 2.68 bits per heavy atom. The van der Waals surface area contributed by atoms with Crippen LogP contribution in [0.2, 0.25) is 0 Å². The van der Waals surface area contributed by atoms with Crippen molar-refractivity contribution in [3.05, 3.63) is 17.3 Å². The molecule has 120 valence electrons. The zero-order valence-corrected chi connectivity index (χ0v) is 13.9. The van der Waals surface area contributed by atoms with Crippen LogP contribution in [0.25, 0.3) is 11.5 Å². The monoisotopic (exact) mass is 344 g/mol. The van der Waals surface area contributed by atoms with Gasteiger partial charge in [0.1, 0.15) is 9.81 Å². The molecule has 0 radical (unpaired) electrons. The van der Waals surface area contributed by atoms with Gasteiger partial charge in [-0.15, -0.1) is 11.3 Å². The first-order chi connectivity index (χ1) is 10.4. The average Bonchev–Trinajstić information content (AvgIpc) is 3.16. The molecule has 2 aromatic rings. The molecule has 0 unspecified atom stereocenters. The third-order valence-corrected chi connectivity index (χ3v) is 6.48. The van der Waals surface area contributed by atoms with E-state index in [1.165, 1.54) is 6.26 Å². The van der Waals surface area contributed by atoms with E-state index in [0.29, 0.717) is 43.3 Å². The molecule has 7 nitrogen and oxygen atoms in total. The van der Waals surface area contributed by atoms with Gasteiger partial charge in [0.15, 0.2) is 9.84 Å². The summed E-state index contributed by atoms with van der Waals surface area (Å²) in [5.74, 6) is 0.768. The summed E-state index contributed by atoms with van der Waals surface area (Å²) in [5, 5.41) is 5.71. The lowest BCUT2D eigenvalue weighted by atomic mass is 9.93. The number of ether oxygens (including phenoxy) is 2. The first-order valence-electron chi connectivity index (χ1n) is 6.71. The number of thiophene rings is 1. The largest absolute Gasteiger partial charge is 0.381 e. The Balaban J connectivity index is 1.92. The molecule has 0 bridgehead atoms. The molecule has 0 spiro atoms. The quantitative estimate of drug-likeness (QED) is 0.836. The predicted molar refractivity (Wildman–Crippen MR) is 79.5 cm³/mol. The highest BCUT2D eigenvalue weighted by molar-refractivity contribution is 7.92. The summed E-state index contributed by atoms with van der Waals surface area (Å²) in [6.07, 6.45) is 2.48. The van der Waals surface area contributed by atoms with E-state index in [1.807, 2.05) is 0 Å². The van der Waals surface area contributed by atoms with E-state index in [4.69, 9.17) is 14.0 Å². The standard InChI is InChI=1S/C13H16N2O5S2/c1-18-13(3-5-19-6-4-13)12-14-11(20-15-12)9-7-10(21-8-9)22(2,16)17/h7-8H,3-6H2,1-2H3. The van der Waals surface area contributed by atoms with Gasteiger partial charge in [-0.1, -0.05) is 5.16 Å². The topological polar surface area (TPSA) is 91.5 Å². The van der Waals surface area contributed by atoms with Crippen molar-refractivity contribution in [2.75, 3.05) is 26.6 Å². The van der Waals surface area contributed by atoms with Gasteiger partial charge >= 0.3 is 0 Å². The molecule has 1 aliphatic rings. The highest BCUT2D eigenvalue weighted by Crippen LogP contribution is 2.35. The summed E-state index contributed by atoms with van der Waals surface area (Å²) in [5.41, 5.74) is -0.00198. The number of hydrogen-bond acceptors (Lipinski definition) is 8. The summed E-state index contributed by atoms with van der Waals surface area (Å²) in [4.78, 5) is 4.40. The van der Waals surface area contributed by atoms with E-state index < -0.39 is 15.4 Å². The van der Waals surface area contributed by atoms with Crippen LogP contribution in [0.5, 0.6) is 0 Å². The second-order valence-electron chi connectivity index (χ2n) is 5.16. The maximum absolute atomic E-state index is 11.5. The van der Waals surface area contributed by atoms with Gasteiger partial charge < -0.3 is 14.0 Å². The lowest BCUT2D eigenvalue weighted by Gasteiger charge is -2.32. The van der Waals surface area contributed by atoms with Crippen LogP contribution in [-0.2, 0) is 24.9 Å². The van der Waals surface area contributed by atoms with Crippen LogP contribution in [0.4, 0.5) is 0 Å². The van der Waals surface area contributed by atoms with Gasteiger partial charge in [-0.25, -0.2) is 8.42 Å². The Labute approximate surface area is 132 Å². The number of sulfone groups is 1. The first kappa shape index (κ1) is 15.6. The molecule has 3 rings (SSSR count). The van der Waals surface area contributed by atoms with Gasteiger partial charge in [-0.3, -0.25) is 0 Å². The lowest BCUT2D eigenvalue weighted by molar-refractivity contribution is -0.101. The lowest BCUT2D eigenvalue weighted by Crippen LogP contribution is -2.36. The van der Waals surface area contributed by atoms with E-state index in [9.17, 15) is 8.42 Å². The summed E-state index contributed by atoms with van der Waals surface area (Å²) in [7, 11) is -1.61. The van der Waals surface area contributed by atoms with Gasteiger partial charge in [-0.2, -0.15) is 4.98 Å². The van der Waals surface area contributed by atoms with Gasteiger partial charge in [0, 0.05) is 44.8 Å². The molecule has 1 saturated heterocycles. The SMILES string of the molecule is COC1(c2noc(-c3csc(S(C)(=O)=O)c3)n2)CCOCC1. The van der Waals surface area contributed by atoms with Crippen molar-refractivity contribution in [3.8, 4) is 11.5 Å². The van der Waals surface area contributed by atoms with E-state index >= 15 is 0 Å². The molecule has 1 fully saturated rings. The highest BCUT2D eigenvalue weighted by atomic mass is 32.2. The van der Waals surface area contributed by atoms with Gasteiger partial charge in [0.25, 0.3) is 5.89 Å². The van der Waals surface area contributed by atoms with Crippen LogP contribution in [0.3, 0.4) is 0 Å². The minimum absolute atomic E-state index is 0.273. The number of rotatable bonds is 4. The summed E-state index contributed by atoms with van der Waals surface area (Å²) in [6.45, 7) is 1.16. The molecule has 0 atom stereocenters. The molecule has 2 aromatic heterocycles. The fourth-order valence-corrected chi connectivity index (χ4v) is 4.16. The van der Waals surface area contributed by atoms with Crippen molar-refractivity contribution in [2.24, 2.45) is 0 Å². The van der Waals surface area contributed by atoms with Crippen LogP contribution < -0.4 is 0 Å². The number of methoxy groups -OCH3 is 1. The van der Waals surface area contributed by atoms with Crippen molar-refractivity contribution in [3.63, 3.8) is 0 Å². The van der Waals surface area contributed by atoms with E-state index in [-0.39, 0.29) is 4.21 Å². The van der Waals surface area contributed by atoms with Gasteiger partial charge in [0.2, 0.25) is 5.82 Å². The molecule has 0 aliphatic carbocycles. The second kappa shape index (κ2) is 5.73. The Morgan fingerprint density at radius 2 is 2.09 bits per heavy atom. The third-order valence-electron chi connectivity index (χ3n) is 3.71. The summed E-state index contributed by atoms with van der Waals surface area (Å²) in [6, 6.07) is 1.54. The van der Waals surface area contributed by atoms with Gasteiger partial charge in [-0.05, 0) is 6.07 Å². The van der Waals surface area contributed by atoms with E-state index in [0.717, 1.165) is 11.3 Å². The molecule has 3 heterocycles. The van der Waals surface area contributed by atoms with E-state index in [1.54, 1.807) is 18.6 Å². The van der Waals surface area contributed by atoms with Crippen LogP contribution in [0, 0.1) is 0 Å². The molecular weight excluding hydrogens is 328 g/mol. The van der Waals surface area contributed by atoms with Crippen molar-refractivity contribution in [1.82, 2.24) is 10.1 Å². The molecule has 0 amide bonds. The van der Waals surface area contributed by atoms with E-state index in [2.05, 4.69) is 10.1 Å². The molecule has 22 heavy (non-hydrogen) atoms. The number of hydrogen-bond donors (Lipinski definition) is 0. The van der Waals surface area contributed by atoms with Crippen molar-refractivity contribution in [1.29, 1.82) is 0 Å².